The van der Waals surface area contributed by atoms with Gasteiger partial charge in [0.05, 0.1) is 4.90 Å². The third kappa shape index (κ3) is 3.02. The Balaban J connectivity index is 2.20. The van der Waals surface area contributed by atoms with Crippen LogP contribution in [0.3, 0.4) is 0 Å². The fourth-order valence-electron chi connectivity index (χ4n) is 1.33. The maximum Gasteiger partial charge on any atom is 0.238 e. The van der Waals surface area contributed by atoms with Gasteiger partial charge in [-0.2, -0.15) is 0 Å². The van der Waals surface area contributed by atoms with Crippen LogP contribution in [0.1, 0.15) is 0 Å². The Kier molecular flexibility index (Phi) is 3.08. The number of nitrogens with zero attached hydrogens (tertiary/aromatic N) is 1. The first-order valence-electron chi connectivity index (χ1n) is 4.85. The molecule has 0 atom stereocenters. The lowest BCUT2D eigenvalue weighted by atomic mass is 10.3. The molecule has 1 aromatic carbocycles. The Morgan fingerprint density at radius 1 is 0.941 bits per heavy atom. The van der Waals surface area contributed by atoms with Gasteiger partial charge in [-0.15, -0.1) is 0 Å². The summed E-state index contributed by atoms with van der Waals surface area (Å²) in [6, 6.07) is 9.85. The first-order valence-corrected chi connectivity index (χ1v) is 6.40. The van der Waals surface area contributed by atoms with E-state index in [0.29, 0.717) is 0 Å². The molecular weight excluding hydrogens is 238 g/mol. The van der Waals surface area contributed by atoms with Crippen molar-refractivity contribution in [2.24, 2.45) is 5.14 Å². The van der Waals surface area contributed by atoms with E-state index in [1.807, 2.05) is 12.1 Å². The quantitative estimate of drug-likeness (QED) is 0.862. The van der Waals surface area contributed by atoms with Crippen LogP contribution < -0.4 is 10.5 Å². The first kappa shape index (κ1) is 11.6. The van der Waals surface area contributed by atoms with Crippen molar-refractivity contribution in [3.63, 3.8) is 0 Å². The molecule has 1 aromatic heterocycles. The van der Waals surface area contributed by atoms with E-state index in [0.717, 1.165) is 11.4 Å². The van der Waals surface area contributed by atoms with Gasteiger partial charge in [0.1, 0.15) is 0 Å². The molecule has 0 aliphatic rings. The third-order valence-corrected chi connectivity index (χ3v) is 3.08. The summed E-state index contributed by atoms with van der Waals surface area (Å²) < 4.78 is 22.1. The summed E-state index contributed by atoms with van der Waals surface area (Å²) >= 11 is 0. The molecule has 0 saturated heterocycles. The van der Waals surface area contributed by atoms with Gasteiger partial charge < -0.3 is 5.32 Å². The number of hydrogen-bond donors (Lipinski definition) is 2. The molecule has 2 aromatic rings. The van der Waals surface area contributed by atoms with Crippen molar-refractivity contribution >= 4 is 21.4 Å². The second kappa shape index (κ2) is 4.52. The average Bonchev–Trinajstić information content (AvgIpc) is 2.30. The fourth-order valence-corrected chi connectivity index (χ4v) is 1.85. The number of anilines is 2. The molecule has 5 nitrogen and oxygen atoms in total. The van der Waals surface area contributed by atoms with Crippen molar-refractivity contribution in [1.29, 1.82) is 0 Å². The molecule has 6 heteroatoms. The highest BCUT2D eigenvalue weighted by molar-refractivity contribution is 7.89. The van der Waals surface area contributed by atoms with Crippen molar-refractivity contribution in [1.82, 2.24) is 4.98 Å². The molecule has 0 amide bonds. The number of hydrogen-bond acceptors (Lipinski definition) is 4. The molecule has 1 heterocycles. The van der Waals surface area contributed by atoms with E-state index >= 15 is 0 Å². The lowest BCUT2D eigenvalue weighted by Crippen LogP contribution is -2.11. The van der Waals surface area contributed by atoms with Gasteiger partial charge in [-0.25, -0.2) is 13.6 Å². The second-order valence-electron chi connectivity index (χ2n) is 3.43. The zero-order chi connectivity index (χ0) is 12.3. The molecule has 0 saturated carbocycles. The van der Waals surface area contributed by atoms with Crippen LogP contribution >= 0.6 is 0 Å². The van der Waals surface area contributed by atoms with Crippen molar-refractivity contribution in [3.8, 4) is 0 Å². The van der Waals surface area contributed by atoms with Crippen LogP contribution in [0, 0.1) is 0 Å². The standard InChI is InChI=1S/C11H11N3O2S/c12-17(15,16)11-3-1-9(2-4-11)14-10-5-7-13-8-6-10/h1-8H,(H,13,14)(H2,12,15,16). The summed E-state index contributed by atoms with van der Waals surface area (Å²) in [6.07, 6.45) is 3.34. The Morgan fingerprint density at radius 2 is 1.47 bits per heavy atom. The molecule has 2 rings (SSSR count). The molecule has 3 N–H and O–H groups in total. The number of pyridine rings is 1. The van der Waals surface area contributed by atoms with E-state index in [1.54, 1.807) is 24.5 Å². The number of rotatable bonds is 3. The number of primary sulfonamides is 1. The predicted molar refractivity (Wildman–Crippen MR) is 65.3 cm³/mol. The van der Waals surface area contributed by atoms with E-state index in [1.165, 1.54) is 12.1 Å². The summed E-state index contributed by atoms with van der Waals surface area (Å²) in [5, 5.41) is 8.11. The number of nitrogens with one attached hydrogen (secondary N) is 1. The Morgan fingerprint density at radius 3 is 2.00 bits per heavy atom. The van der Waals surface area contributed by atoms with Gasteiger partial charge >= 0.3 is 0 Å². The molecular formula is C11H11N3O2S. The van der Waals surface area contributed by atoms with E-state index in [9.17, 15) is 8.42 Å². The summed E-state index contributed by atoms with van der Waals surface area (Å²) in [4.78, 5) is 3.99. The van der Waals surface area contributed by atoms with E-state index in [-0.39, 0.29) is 4.90 Å². The molecule has 0 spiro atoms. The summed E-state index contributed by atoms with van der Waals surface area (Å²) in [6.45, 7) is 0. The van der Waals surface area contributed by atoms with Crippen LogP contribution in [0.25, 0.3) is 0 Å². The molecule has 0 aliphatic carbocycles. The van der Waals surface area contributed by atoms with Crippen LogP contribution in [-0.4, -0.2) is 13.4 Å². The van der Waals surface area contributed by atoms with Gasteiger partial charge in [-0.3, -0.25) is 4.98 Å². The molecule has 0 bridgehead atoms. The Bertz CT molecular complexity index is 594. The van der Waals surface area contributed by atoms with Gasteiger partial charge in [-0.1, -0.05) is 0 Å². The SMILES string of the molecule is NS(=O)(=O)c1ccc(Nc2ccncc2)cc1. The molecule has 0 fully saturated rings. The zero-order valence-electron chi connectivity index (χ0n) is 8.87. The predicted octanol–water partition coefficient (Wildman–Crippen LogP) is 1.47. The fraction of sp³-hybridized carbons (Fsp3) is 0. The highest BCUT2D eigenvalue weighted by atomic mass is 32.2. The Hall–Kier alpha value is -1.92. The van der Waals surface area contributed by atoms with Gasteiger partial charge in [0.25, 0.3) is 0 Å². The van der Waals surface area contributed by atoms with Crippen molar-refractivity contribution in [3.05, 3.63) is 48.8 Å². The van der Waals surface area contributed by atoms with Crippen LogP contribution in [-0.2, 0) is 10.0 Å². The maximum absolute atomic E-state index is 11.1. The van der Waals surface area contributed by atoms with Crippen molar-refractivity contribution in [2.75, 3.05) is 5.32 Å². The molecule has 17 heavy (non-hydrogen) atoms. The summed E-state index contributed by atoms with van der Waals surface area (Å²) in [5.41, 5.74) is 1.66. The molecule has 0 radical (unpaired) electrons. The van der Waals surface area contributed by atoms with Crippen LogP contribution in [0.4, 0.5) is 11.4 Å². The van der Waals surface area contributed by atoms with Crippen molar-refractivity contribution in [2.45, 2.75) is 4.90 Å². The number of benzene rings is 1. The smallest absolute Gasteiger partial charge is 0.238 e. The molecule has 0 unspecified atom stereocenters. The van der Waals surface area contributed by atoms with Crippen molar-refractivity contribution < 1.29 is 8.42 Å². The normalized spacial score (nSPS) is 11.1. The topological polar surface area (TPSA) is 85.1 Å². The highest BCUT2D eigenvalue weighted by Crippen LogP contribution is 2.17. The van der Waals surface area contributed by atoms with Crippen LogP contribution in [0.2, 0.25) is 0 Å². The van der Waals surface area contributed by atoms with Gasteiger partial charge in [-0.05, 0) is 36.4 Å². The van der Waals surface area contributed by atoms with Gasteiger partial charge in [0.2, 0.25) is 10.0 Å². The summed E-state index contributed by atoms with van der Waals surface area (Å²) in [5.74, 6) is 0. The monoisotopic (exact) mass is 249 g/mol. The zero-order valence-corrected chi connectivity index (χ0v) is 9.68. The maximum atomic E-state index is 11.1. The number of sulfonamides is 1. The molecule has 0 aliphatic heterocycles. The lowest BCUT2D eigenvalue weighted by molar-refractivity contribution is 0.598. The second-order valence-corrected chi connectivity index (χ2v) is 4.99. The highest BCUT2D eigenvalue weighted by Gasteiger charge is 2.06. The van der Waals surface area contributed by atoms with Gasteiger partial charge in [0.15, 0.2) is 0 Å². The third-order valence-electron chi connectivity index (χ3n) is 2.15. The van der Waals surface area contributed by atoms with E-state index in [4.69, 9.17) is 5.14 Å². The number of aromatic nitrogens is 1. The first-order chi connectivity index (χ1) is 8.05. The van der Waals surface area contributed by atoms with E-state index in [2.05, 4.69) is 10.3 Å². The Labute approximate surface area is 99.4 Å². The minimum atomic E-state index is -3.63. The average molecular weight is 249 g/mol. The molecule has 88 valence electrons. The summed E-state index contributed by atoms with van der Waals surface area (Å²) in [7, 11) is -3.63. The minimum absolute atomic E-state index is 0.0952. The van der Waals surface area contributed by atoms with Gasteiger partial charge in [0, 0.05) is 23.8 Å². The van der Waals surface area contributed by atoms with Crippen LogP contribution in [0.5, 0.6) is 0 Å². The minimum Gasteiger partial charge on any atom is -0.355 e. The lowest BCUT2D eigenvalue weighted by Gasteiger charge is -2.06. The van der Waals surface area contributed by atoms with E-state index < -0.39 is 10.0 Å². The number of nitrogens with two attached hydrogens (primary N) is 1. The largest absolute Gasteiger partial charge is 0.355 e. The van der Waals surface area contributed by atoms with Crippen LogP contribution in [0.15, 0.2) is 53.7 Å².